The molecule has 1 amide bonds. The van der Waals surface area contributed by atoms with Gasteiger partial charge in [0.1, 0.15) is 0 Å². The van der Waals surface area contributed by atoms with Gasteiger partial charge in [0.25, 0.3) is 0 Å². The zero-order chi connectivity index (χ0) is 15.5. The van der Waals surface area contributed by atoms with E-state index < -0.39 is 0 Å². The Morgan fingerprint density at radius 2 is 1.73 bits per heavy atom. The number of benzene rings is 2. The lowest BCUT2D eigenvalue weighted by Gasteiger charge is -2.20. The molecule has 112 valence electrons. The Hall–Kier alpha value is -2.55. The Morgan fingerprint density at radius 1 is 1.05 bits per heavy atom. The Morgan fingerprint density at radius 3 is 2.41 bits per heavy atom. The molecule has 0 fully saturated rings. The SMILES string of the molecule is CCN(C(C)=O)c1c(Cc2ccccc2)[nH]c2ccccc12. The second-order valence-corrected chi connectivity index (χ2v) is 5.42. The molecule has 0 bridgehead atoms. The second kappa shape index (κ2) is 6.06. The van der Waals surface area contributed by atoms with Crippen molar-refractivity contribution in [3.05, 3.63) is 65.9 Å². The summed E-state index contributed by atoms with van der Waals surface area (Å²) >= 11 is 0. The van der Waals surface area contributed by atoms with Crippen molar-refractivity contribution in [2.75, 3.05) is 11.4 Å². The highest BCUT2D eigenvalue weighted by Crippen LogP contribution is 2.32. The van der Waals surface area contributed by atoms with Gasteiger partial charge >= 0.3 is 0 Å². The maximum absolute atomic E-state index is 12.0. The highest BCUT2D eigenvalue weighted by atomic mass is 16.2. The average molecular weight is 292 g/mol. The van der Waals surface area contributed by atoms with Crippen molar-refractivity contribution < 1.29 is 4.79 Å². The molecule has 3 nitrogen and oxygen atoms in total. The summed E-state index contributed by atoms with van der Waals surface area (Å²) in [5, 5.41) is 1.10. The molecule has 0 aliphatic heterocycles. The zero-order valence-electron chi connectivity index (χ0n) is 13.0. The summed E-state index contributed by atoms with van der Waals surface area (Å²) in [5.74, 6) is 0.0709. The molecule has 0 aliphatic carbocycles. The van der Waals surface area contributed by atoms with E-state index in [0.717, 1.165) is 28.7 Å². The van der Waals surface area contributed by atoms with Crippen molar-refractivity contribution >= 4 is 22.5 Å². The van der Waals surface area contributed by atoms with Crippen LogP contribution in [0.5, 0.6) is 0 Å². The van der Waals surface area contributed by atoms with Crippen LogP contribution >= 0.6 is 0 Å². The van der Waals surface area contributed by atoms with Crippen LogP contribution < -0.4 is 4.90 Å². The standard InChI is InChI=1S/C19H20N2O/c1-3-21(14(2)22)19-16-11-7-8-12-17(16)20-18(19)13-15-9-5-4-6-10-15/h4-12,20H,3,13H2,1-2H3. The topological polar surface area (TPSA) is 36.1 Å². The van der Waals surface area contributed by atoms with E-state index in [-0.39, 0.29) is 5.91 Å². The summed E-state index contributed by atoms with van der Waals surface area (Å²) in [6.45, 7) is 4.30. The first-order chi connectivity index (χ1) is 10.7. The number of hydrogen-bond acceptors (Lipinski definition) is 1. The molecule has 3 aromatic rings. The minimum absolute atomic E-state index is 0.0709. The van der Waals surface area contributed by atoms with Crippen LogP contribution in [0.2, 0.25) is 0 Å². The smallest absolute Gasteiger partial charge is 0.223 e. The van der Waals surface area contributed by atoms with Gasteiger partial charge in [0.05, 0.1) is 5.69 Å². The number of hydrogen-bond donors (Lipinski definition) is 1. The Balaban J connectivity index is 2.14. The summed E-state index contributed by atoms with van der Waals surface area (Å²) < 4.78 is 0. The molecule has 1 aromatic heterocycles. The van der Waals surface area contributed by atoms with Crippen molar-refractivity contribution in [2.24, 2.45) is 0 Å². The number of carbonyl (C=O) groups excluding carboxylic acids is 1. The molecular weight excluding hydrogens is 272 g/mol. The molecule has 0 aliphatic rings. The number of nitrogens with zero attached hydrogens (tertiary/aromatic N) is 1. The fourth-order valence-corrected chi connectivity index (χ4v) is 2.96. The molecule has 0 unspecified atom stereocenters. The maximum Gasteiger partial charge on any atom is 0.223 e. The largest absolute Gasteiger partial charge is 0.356 e. The van der Waals surface area contributed by atoms with E-state index in [0.29, 0.717) is 6.54 Å². The predicted octanol–water partition coefficient (Wildman–Crippen LogP) is 4.13. The zero-order valence-corrected chi connectivity index (χ0v) is 13.0. The lowest BCUT2D eigenvalue weighted by atomic mass is 10.1. The third-order valence-corrected chi connectivity index (χ3v) is 3.94. The number of amides is 1. The van der Waals surface area contributed by atoms with Crippen LogP contribution in [0.1, 0.15) is 25.1 Å². The monoisotopic (exact) mass is 292 g/mol. The van der Waals surface area contributed by atoms with E-state index >= 15 is 0 Å². The molecule has 3 heteroatoms. The van der Waals surface area contributed by atoms with E-state index in [1.807, 2.05) is 42.2 Å². The minimum Gasteiger partial charge on any atom is -0.356 e. The molecule has 1 N–H and O–H groups in total. The number of rotatable bonds is 4. The minimum atomic E-state index is 0.0709. The van der Waals surface area contributed by atoms with E-state index in [4.69, 9.17) is 0 Å². The first-order valence-electron chi connectivity index (χ1n) is 7.62. The number of nitrogens with one attached hydrogen (secondary N) is 1. The average Bonchev–Trinajstić information content (AvgIpc) is 2.87. The third kappa shape index (κ3) is 2.62. The molecule has 22 heavy (non-hydrogen) atoms. The van der Waals surface area contributed by atoms with Crippen molar-refractivity contribution in [1.82, 2.24) is 4.98 Å². The third-order valence-electron chi connectivity index (χ3n) is 3.94. The molecule has 0 saturated carbocycles. The summed E-state index contributed by atoms with van der Waals surface area (Å²) in [6.07, 6.45) is 0.786. The lowest BCUT2D eigenvalue weighted by molar-refractivity contribution is -0.116. The van der Waals surface area contributed by atoms with Gasteiger partial charge in [-0.2, -0.15) is 0 Å². The quantitative estimate of drug-likeness (QED) is 0.771. The normalized spacial score (nSPS) is 10.8. The molecule has 0 spiro atoms. The van der Waals surface area contributed by atoms with Gasteiger partial charge in [0, 0.05) is 36.5 Å². The van der Waals surface area contributed by atoms with E-state index in [9.17, 15) is 4.79 Å². The van der Waals surface area contributed by atoms with Gasteiger partial charge in [-0.3, -0.25) is 4.79 Å². The Kier molecular flexibility index (Phi) is 3.96. The Bertz CT molecular complexity index is 790. The molecule has 3 rings (SSSR count). The first kappa shape index (κ1) is 14.4. The predicted molar refractivity (Wildman–Crippen MR) is 91.2 cm³/mol. The van der Waals surface area contributed by atoms with Crippen molar-refractivity contribution in [1.29, 1.82) is 0 Å². The number of anilines is 1. The molecule has 2 aromatic carbocycles. The van der Waals surface area contributed by atoms with E-state index in [1.54, 1.807) is 6.92 Å². The number of carbonyl (C=O) groups is 1. The van der Waals surface area contributed by atoms with Gasteiger partial charge in [-0.1, -0.05) is 48.5 Å². The Labute approximate surface area is 130 Å². The maximum atomic E-state index is 12.0. The van der Waals surface area contributed by atoms with Gasteiger partial charge in [-0.05, 0) is 18.6 Å². The van der Waals surface area contributed by atoms with Gasteiger partial charge in [-0.25, -0.2) is 0 Å². The highest BCUT2D eigenvalue weighted by molar-refractivity contribution is 6.04. The van der Waals surface area contributed by atoms with Crippen molar-refractivity contribution in [3.8, 4) is 0 Å². The van der Waals surface area contributed by atoms with Gasteiger partial charge in [0.2, 0.25) is 5.91 Å². The number of aromatic amines is 1. The molecular formula is C19H20N2O. The van der Waals surface area contributed by atoms with Gasteiger partial charge in [0.15, 0.2) is 0 Å². The summed E-state index contributed by atoms with van der Waals surface area (Å²) in [4.78, 5) is 17.4. The van der Waals surface area contributed by atoms with Crippen molar-refractivity contribution in [2.45, 2.75) is 20.3 Å². The van der Waals surface area contributed by atoms with Crippen LogP contribution in [0.4, 0.5) is 5.69 Å². The van der Waals surface area contributed by atoms with Gasteiger partial charge < -0.3 is 9.88 Å². The molecule has 0 radical (unpaired) electrons. The van der Waals surface area contributed by atoms with Crippen LogP contribution in [-0.2, 0) is 11.2 Å². The summed E-state index contributed by atoms with van der Waals surface area (Å²) in [5.41, 5.74) is 4.40. The number of H-pyrrole nitrogens is 1. The summed E-state index contributed by atoms with van der Waals surface area (Å²) in [7, 11) is 0. The molecule has 0 atom stereocenters. The van der Waals surface area contributed by atoms with Crippen LogP contribution in [0.3, 0.4) is 0 Å². The fraction of sp³-hybridized carbons (Fsp3) is 0.211. The molecule has 0 saturated heterocycles. The van der Waals surface area contributed by atoms with Crippen LogP contribution in [0.15, 0.2) is 54.6 Å². The van der Waals surface area contributed by atoms with E-state index in [1.165, 1.54) is 5.56 Å². The fourth-order valence-electron chi connectivity index (χ4n) is 2.96. The molecule has 1 heterocycles. The second-order valence-electron chi connectivity index (χ2n) is 5.42. The number of fused-ring (bicyclic) bond motifs is 1. The van der Waals surface area contributed by atoms with Gasteiger partial charge in [-0.15, -0.1) is 0 Å². The van der Waals surface area contributed by atoms with Crippen LogP contribution in [-0.4, -0.2) is 17.4 Å². The lowest BCUT2D eigenvalue weighted by Crippen LogP contribution is -2.28. The first-order valence-corrected chi connectivity index (χ1v) is 7.62. The van der Waals surface area contributed by atoms with Crippen LogP contribution in [0.25, 0.3) is 10.9 Å². The van der Waals surface area contributed by atoms with Crippen LogP contribution in [0, 0.1) is 0 Å². The van der Waals surface area contributed by atoms with Crippen molar-refractivity contribution in [3.63, 3.8) is 0 Å². The number of aromatic nitrogens is 1. The highest BCUT2D eigenvalue weighted by Gasteiger charge is 2.19. The summed E-state index contributed by atoms with van der Waals surface area (Å²) in [6, 6.07) is 18.5. The number of para-hydroxylation sites is 1. The van der Waals surface area contributed by atoms with E-state index in [2.05, 4.69) is 29.2 Å².